The number of carbonyl (C=O) groups is 1. The molecule has 0 radical (unpaired) electrons. The number of carbonyl (C=O) groups excluding carboxylic acids is 1. The van der Waals surface area contributed by atoms with Crippen LogP contribution in [0.5, 0.6) is 0 Å². The topological polar surface area (TPSA) is 81.1 Å². The second kappa shape index (κ2) is 7.23. The van der Waals surface area contributed by atoms with Gasteiger partial charge in [0.1, 0.15) is 0 Å². The van der Waals surface area contributed by atoms with Crippen molar-refractivity contribution in [3.05, 3.63) is 42.4 Å². The summed E-state index contributed by atoms with van der Waals surface area (Å²) in [6.45, 7) is 3.18. The molecule has 3 rings (SSSR count). The summed E-state index contributed by atoms with van der Waals surface area (Å²) < 4.78 is 7.26. The number of urea groups is 1. The Bertz CT molecular complexity index is 638. The normalized spacial score (nSPS) is 18.6. The van der Waals surface area contributed by atoms with Gasteiger partial charge in [0.25, 0.3) is 0 Å². The van der Waals surface area contributed by atoms with Gasteiger partial charge < -0.3 is 15.4 Å². The summed E-state index contributed by atoms with van der Waals surface area (Å²) in [5.74, 6) is 0.724. The van der Waals surface area contributed by atoms with Crippen molar-refractivity contribution in [3.8, 4) is 5.82 Å². The lowest BCUT2D eigenvalue weighted by Gasteiger charge is -2.20. The average Bonchev–Trinajstić information content (AvgIpc) is 3.26. The SMILES string of the molecule is CC(NC(=O)NCc1ccnc(-n2cccn2)c1)C1CCCO1. The van der Waals surface area contributed by atoms with Gasteiger partial charge in [-0.05, 0) is 43.5 Å². The van der Waals surface area contributed by atoms with Gasteiger partial charge >= 0.3 is 6.03 Å². The van der Waals surface area contributed by atoms with E-state index in [1.807, 2.05) is 31.3 Å². The van der Waals surface area contributed by atoms with Gasteiger partial charge in [0.05, 0.1) is 12.1 Å². The van der Waals surface area contributed by atoms with E-state index in [1.54, 1.807) is 17.1 Å². The second-order valence-electron chi connectivity index (χ2n) is 5.64. The minimum atomic E-state index is -0.189. The van der Waals surface area contributed by atoms with Gasteiger partial charge in [0, 0.05) is 31.7 Å². The standard InChI is InChI=1S/C16H21N5O2/c1-12(14-4-2-9-23-14)20-16(22)18-11-13-5-7-17-15(10-13)21-8-3-6-19-21/h3,5-8,10,12,14H,2,4,9,11H2,1H3,(H2,18,20,22). The Morgan fingerprint density at radius 3 is 3.17 bits per heavy atom. The summed E-state index contributed by atoms with van der Waals surface area (Å²) in [5, 5.41) is 9.94. The van der Waals surface area contributed by atoms with Gasteiger partial charge in [-0.2, -0.15) is 5.10 Å². The zero-order valence-electron chi connectivity index (χ0n) is 13.1. The number of aromatic nitrogens is 3. The van der Waals surface area contributed by atoms with Crippen LogP contribution >= 0.6 is 0 Å². The third-order valence-electron chi connectivity index (χ3n) is 3.88. The van der Waals surface area contributed by atoms with E-state index in [-0.39, 0.29) is 18.2 Å². The van der Waals surface area contributed by atoms with Crippen LogP contribution in [0.3, 0.4) is 0 Å². The number of amides is 2. The van der Waals surface area contributed by atoms with Crippen molar-refractivity contribution in [2.45, 2.75) is 38.5 Å². The molecule has 2 aromatic rings. The molecular weight excluding hydrogens is 294 g/mol. The maximum Gasteiger partial charge on any atom is 0.315 e. The summed E-state index contributed by atoms with van der Waals surface area (Å²) in [4.78, 5) is 16.3. The highest BCUT2D eigenvalue weighted by molar-refractivity contribution is 5.74. The Kier molecular flexibility index (Phi) is 4.87. The largest absolute Gasteiger partial charge is 0.376 e. The molecule has 0 aliphatic carbocycles. The van der Waals surface area contributed by atoms with Gasteiger partial charge in [-0.25, -0.2) is 14.5 Å². The number of rotatable bonds is 5. The fourth-order valence-electron chi connectivity index (χ4n) is 2.63. The number of ether oxygens (including phenoxy) is 1. The molecule has 2 atom stereocenters. The van der Waals surface area contributed by atoms with Crippen LogP contribution in [0.25, 0.3) is 5.82 Å². The van der Waals surface area contributed by atoms with E-state index in [0.29, 0.717) is 6.54 Å². The molecule has 0 bridgehead atoms. The predicted molar refractivity (Wildman–Crippen MR) is 85.2 cm³/mol. The monoisotopic (exact) mass is 315 g/mol. The second-order valence-corrected chi connectivity index (χ2v) is 5.64. The molecule has 2 N–H and O–H groups in total. The molecule has 122 valence electrons. The first kappa shape index (κ1) is 15.5. The summed E-state index contributed by atoms with van der Waals surface area (Å²) in [6, 6.07) is 5.43. The Morgan fingerprint density at radius 2 is 2.43 bits per heavy atom. The highest BCUT2D eigenvalue weighted by atomic mass is 16.5. The molecular formula is C16H21N5O2. The van der Waals surface area contributed by atoms with E-state index in [2.05, 4.69) is 20.7 Å². The van der Waals surface area contributed by atoms with Crippen LogP contribution in [0, 0.1) is 0 Å². The lowest BCUT2D eigenvalue weighted by Crippen LogP contribution is -2.45. The molecule has 0 saturated carbocycles. The Morgan fingerprint density at radius 1 is 1.52 bits per heavy atom. The van der Waals surface area contributed by atoms with E-state index in [9.17, 15) is 4.79 Å². The molecule has 2 aromatic heterocycles. The molecule has 23 heavy (non-hydrogen) atoms. The van der Waals surface area contributed by atoms with Crippen LogP contribution in [0.15, 0.2) is 36.8 Å². The Labute approximate surface area is 135 Å². The number of pyridine rings is 1. The molecule has 3 heterocycles. The first-order valence-corrected chi connectivity index (χ1v) is 7.83. The van der Waals surface area contributed by atoms with Crippen LogP contribution in [0.4, 0.5) is 4.79 Å². The quantitative estimate of drug-likeness (QED) is 0.879. The zero-order valence-corrected chi connectivity index (χ0v) is 13.1. The molecule has 1 saturated heterocycles. The third-order valence-corrected chi connectivity index (χ3v) is 3.88. The van der Waals surface area contributed by atoms with E-state index in [0.717, 1.165) is 30.8 Å². The lowest BCUT2D eigenvalue weighted by molar-refractivity contribution is 0.0860. The fourth-order valence-corrected chi connectivity index (χ4v) is 2.63. The smallest absolute Gasteiger partial charge is 0.315 e. The van der Waals surface area contributed by atoms with E-state index >= 15 is 0 Å². The summed E-state index contributed by atoms with van der Waals surface area (Å²) >= 11 is 0. The average molecular weight is 315 g/mol. The molecule has 2 unspecified atom stereocenters. The maximum atomic E-state index is 12.0. The number of hydrogen-bond donors (Lipinski definition) is 2. The van der Waals surface area contributed by atoms with Crippen molar-refractivity contribution < 1.29 is 9.53 Å². The van der Waals surface area contributed by atoms with Crippen molar-refractivity contribution >= 4 is 6.03 Å². The molecule has 0 spiro atoms. The predicted octanol–water partition coefficient (Wildman–Crippen LogP) is 1.63. The first-order chi connectivity index (χ1) is 11.2. The summed E-state index contributed by atoms with van der Waals surface area (Å²) in [5.41, 5.74) is 0.963. The highest BCUT2D eigenvalue weighted by Gasteiger charge is 2.23. The van der Waals surface area contributed by atoms with Crippen LogP contribution in [0.2, 0.25) is 0 Å². The van der Waals surface area contributed by atoms with Crippen molar-refractivity contribution in [2.75, 3.05) is 6.61 Å². The lowest BCUT2D eigenvalue weighted by atomic mass is 10.1. The van der Waals surface area contributed by atoms with Crippen LogP contribution < -0.4 is 10.6 Å². The Hall–Kier alpha value is -2.41. The van der Waals surface area contributed by atoms with Gasteiger partial charge in [-0.1, -0.05) is 0 Å². The first-order valence-electron chi connectivity index (χ1n) is 7.83. The van der Waals surface area contributed by atoms with Crippen molar-refractivity contribution in [2.24, 2.45) is 0 Å². The number of nitrogens with one attached hydrogen (secondary N) is 2. The number of nitrogens with zero attached hydrogens (tertiary/aromatic N) is 3. The van der Waals surface area contributed by atoms with Gasteiger partial charge in [-0.15, -0.1) is 0 Å². The third kappa shape index (κ3) is 4.07. The van der Waals surface area contributed by atoms with Gasteiger partial charge in [0.2, 0.25) is 0 Å². The summed E-state index contributed by atoms with van der Waals surface area (Å²) in [7, 11) is 0. The fraction of sp³-hybridized carbons (Fsp3) is 0.438. The minimum absolute atomic E-state index is 0.00887. The van der Waals surface area contributed by atoms with Crippen LogP contribution in [-0.2, 0) is 11.3 Å². The van der Waals surface area contributed by atoms with Gasteiger partial charge in [0.15, 0.2) is 5.82 Å². The molecule has 2 amide bonds. The van der Waals surface area contributed by atoms with Crippen LogP contribution in [-0.4, -0.2) is 39.5 Å². The minimum Gasteiger partial charge on any atom is -0.376 e. The molecule has 7 heteroatoms. The van der Waals surface area contributed by atoms with Crippen LogP contribution in [0.1, 0.15) is 25.3 Å². The molecule has 0 aromatic carbocycles. The molecule has 1 aliphatic heterocycles. The van der Waals surface area contributed by atoms with Crippen molar-refractivity contribution in [3.63, 3.8) is 0 Å². The zero-order chi connectivity index (χ0) is 16.1. The molecule has 1 fully saturated rings. The molecule has 1 aliphatic rings. The van der Waals surface area contributed by atoms with Crippen molar-refractivity contribution in [1.82, 2.24) is 25.4 Å². The Balaban J connectivity index is 1.51. The van der Waals surface area contributed by atoms with Gasteiger partial charge in [-0.3, -0.25) is 0 Å². The molecule has 7 nitrogen and oxygen atoms in total. The summed E-state index contributed by atoms with van der Waals surface area (Å²) in [6.07, 6.45) is 7.42. The highest BCUT2D eigenvalue weighted by Crippen LogP contribution is 2.15. The van der Waals surface area contributed by atoms with E-state index < -0.39 is 0 Å². The number of hydrogen-bond acceptors (Lipinski definition) is 4. The van der Waals surface area contributed by atoms with Crippen molar-refractivity contribution in [1.29, 1.82) is 0 Å². The van der Waals surface area contributed by atoms with E-state index in [4.69, 9.17) is 4.74 Å². The van der Waals surface area contributed by atoms with E-state index in [1.165, 1.54) is 0 Å². The maximum absolute atomic E-state index is 12.0.